The molecule has 2 atom stereocenters. The first kappa shape index (κ1) is 96.7. The first-order valence-electron chi connectivity index (χ1n) is 10.8. The molecule has 0 amide bonds. The summed E-state index contributed by atoms with van der Waals surface area (Å²) in [5.41, 5.74) is 0. The van der Waals surface area contributed by atoms with Crippen molar-refractivity contribution in [1.29, 1.82) is 0 Å². The van der Waals surface area contributed by atoms with Crippen LogP contribution in [0.1, 0.15) is 155 Å². The number of unbranched alkanes of at least 4 members (excludes halogenated alkanes) is 1. The molecule has 0 saturated heterocycles. The lowest BCUT2D eigenvalue weighted by Gasteiger charge is -2.07. The van der Waals surface area contributed by atoms with E-state index in [-0.39, 0.29) is 120 Å². The quantitative estimate of drug-likeness (QED) is 0.0523. The van der Waals surface area contributed by atoms with Crippen molar-refractivity contribution in [1.82, 2.24) is 0 Å². The summed E-state index contributed by atoms with van der Waals surface area (Å²) in [6.07, 6.45) is 7.08. The summed E-state index contributed by atoms with van der Waals surface area (Å²) < 4.78 is 13.8. The Balaban J connectivity index is -0.0000000215. The van der Waals surface area contributed by atoms with E-state index in [2.05, 4.69) is 14.2 Å². The van der Waals surface area contributed by atoms with Crippen LogP contribution in [0.4, 0.5) is 0 Å². The molecule has 0 aliphatic rings. The number of hydrogen-bond acceptors (Lipinski definition) is 11. The van der Waals surface area contributed by atoms with E-state index in [1.54, 1.807) is 6.08 Å². The molecule has 11 nitrogen and oxygen atoms in total. The number of allylic oxidation sites excluding steroid dienone is 1. The van der Waals surface area contributed by atoms with Crippen molar-refractivity contribution in [3.05, 3.63) is 12.2 Å². The van der Waals surface area contributed by atoms with Crippen LogP contribution in [0.15, 0.2) is 12.2 Å². The van der Waals surface area contributed by atoms with Crippen LogP contribution in [0.25, 0.3) is 0 Å². The molecule has 0 aromatic rings. The second kappa shape index (κ2) is 78.5. The van der Waals surface area contributed by atoms with Gasteiger partial charge in [-0.2, -0.15) is 0 Å². The number of hydrogen-bond donors (Lipinski definition) is 2. The number of ether oxygens (including phenoxy) is 3. The standard InChI is InChI=1S/C9H14O4.C8H14O4.C6H10O3.12CH4/c1-8(11)13-7-5-9(12)4-2-3-6-10;1-7(10)12-6-4-8(11)3-2-5-9;1-6(8)9-5-3-2-4-7;;;;;;;;;;;;/h2-3,6,9,12H,4-5,7H2,1H3;5,8,11H,2-4,6H2,1H3;4H,2-3,5H2,1H3;12*1H4. The van der Waals surface area contributed by atoms with Gasteiger partial charge in [-0.05, 0) is 25.3 Å². The predicted octanol–water partition coefficient (Wildman–Crippen LogP) is 8.89. The molecule has 2 N–H and O–H groups in total. The monoisotopic (exact) mass is 683 g/mol. The van der Waals surface area contributed by atoms with Gasteiger partial charge in [-0.25, -0.2) is 0 Å². The molecule has 0 aliphatic carbocycles. The largest absolute Gasteiger partial charge is 0.466 e. The Morgan fingerprint density at radius 2 is 0.891 bits per heavy atom. The van der Waals surface area contributed by atoms with Gasteiger partial charge < -0.3 is 34.0 Å². The fourth-order valence-electron chi connectivity index (χ4n) is 1.87. The Bertz CT molecular complexity index is 593. The molecule has 0 spiro atoms. The summed E-state index contributed by atoms with van der Waals surface area (Å²) in [4.78, 5) is 60.2. The van der Waals surface area contributed by atoms with Crippen LogP contribution in [-0.4, -0.2) is 79.0 Å². The van der Waals surface area contributed by atoms with Crippen molar-refractivity contribution in [2.75, 3.05) is 19.8 Å². The molecule has 0 radical (unpaired) electrons. The molecule has 292 valence electrons. The van der Waals surface area contributed by atoms with Gasteiger partial charge in [-0.15, -0.1) is 0 Å². The minimum Gasteiger partial charge on any atom is -0.466 e. The number of aliphatic hydroxyl groups excluding tert-OH is 2. The first-order chi connectivity index (χ1) is 16.1. The molecule has 0 saturated carbocycles. The highest BCUT2D eigenvalue weighted by Gasteiger charge is 2.04. The molecule has 2 unspecified atom stereocenters. The lowest BCUT2D eigenvalue weighted by Crippen LogP contribution is -2.12. The number of aliphatic hydroxyl groups is 2. The summed E-state index contributed by atoms with van der Waals surface area (Å²) in [6.45, 7) is 4.77. The van der Waals surface area contributed by atoms with Gasteiger partial charge in [0.2, 0.25) is 0 Å². The molecular weight excluding hydrogens is 596 g/mol. The Kier molecular flexibility index (Phi) is 165. The molecule has 0 heterocycles. The van der Waals surface area contributed by atoms with Crippen LogP contribution in [0.2, 0.25) is 0 Å². The van der Waals surface area contributed by atoms with E-state index in [4.69, 9.17) is 5.11 Å². The van der Waals surface area contributed by atoms with Crippen LogP contribution in [0.3, 0.4) is 0 Å². The van der Waals surface area contributed by atoms with Crippen LogP contribution in [-0.2, 0) is 43.0 Å². The van der Waals surface area contributed by atoms with E-state index in [0.717, 1.165) is 12.6 Å². The molecular formula is C35H86O11. The summed E-state index contributed by atoms with van der Waals surface area (Å²) in [5.74, 6) is -0.992. The van der Waals surface area contributed by atoms with Gasteiger partial charge in [0.1, 0.15) is 18.9 Å². The summed E-state index contributed by atoms with van der Waals surface area (Å²) in [6, 6.07) is 0. The fourth-order valence-corrected chi connectivity index (χ4v) is 1.87. The highest BCUT2D eigenvalue weighted by Crippen LogP contribution is 2.00. The normalized spacial score (nSPS) is 8.46. The van der Waals surface area contributed by atoms with Gasteiger partial charge in [0.25, 0.3) is 0 Å². The molecule has 0 aromatic heterocycles. The van der Waals surface area contributed by atoms with Crippen LogP contribution in [0.5, 0.6) is 0 Å². The SMILES string of the molecule is C.C.C.C.C.C.C.C.C.C.C.C.CC(=O)OCCC(O)CC=CC=O.CC(=O)OCCC(O)CCC=O.CC(=O)OCCCC=O. The number of carbonyl (C=O) groups is 6. The Morgan fingerprint density at radius 3 is 1.22 bits per heavy atom. The van der Waals surface area contributed by atoms with E-state index in [1.165, 1.54) is 26.8 Å². The van der Waals surface area contributed by atoms with Crippen molar-refractivity contribution >= 4 is 36.8 Å². The summed E-state index contributed by atoms with van der Waals surface area (Å²) >= 11 is 0. The second-order valence-electron chi connectivity index (χ2n) is 6.76. The first-order valence-corrected chi connectivity index (χ1v) is 10.8. The van der Waals surface area contributed by atoms with Gasteiger partial charge in [0.15, 0.2) is 0 Å². The highest BCUT2D eigenvalue weighted by molar-refractivity contribution is 5.66. The lowest BCUT2D eigenvalue weighted by molar-refractivity contribution is -0.142. The summed E-state index contributed by atoms with van der Waals surface area (Å²) in [5, 5.41) is 18.4. The number of esters is 3. The Morgan fingerprint density at radius 1 is 0.543 bits per heavy atom. The van der Waals surface area contributed by atoms with Crippen LogP contribution < -0.4 is 0 Å². The molecule has 0 bridgehead atoms. The van der Waals surface area contributed by atoms with Crippen LogP contribution >= 0.6 is 0 Å². The third kappa shape index (κ3) is 114. The third-order valence-corrected chi connectivity index (χ3v) is 3.52. The lowest BCUT2D eigenvalue weighted by atomic mass is 10.1. The zero-order chi connectivity index (χ0) is 26.6. The molecule has 46 heavy (non-hydrogen) atoms. The second-order valence-corrected chi connectivity index (χ2v) is 6.76. The average molecular weight is 683 g/mol. The van der Waals surface area contributed by atoms with Crippen molar-refractivity contribution in [3.8, 4) is 0 Å². The van der Waals surface area contributed by atoms with E-state index < -0.39 is 12.2 Å². The molecule has 0 rings (SSSR count). The molecule has 0 aromatic carbocycles. The topological polar surface area (TPSA) is 171 Å². The fraction of sp³-hybridized carbons (Fsp3) is 0.771. The highest BCUT2D eigenvalue weighted by atomic mass is 16.5. The maximum Gasteiger partial charge on any atom is 0.302 e. The van der Waals surface area contributed by atoms with Gasteiger partial charge in [0.05, 0.1) is 32.0 Å². The number of aldehydes is 3. The number of rotatable bonds is 16. The maximum absolute atomic E-state index is 10.3. The zero-order valence-corrected chi connectivity index (χ0v) is 20.2. The van der Waals surface area contributed by atoms with Crippen molar-refractivity contribution in [2.45, 2.75) is 167 Å². The Labute approximate surface area is 288 Å². The average Bonchev–Trinajstić information content (AvgIpc) is 2.76. The van der Waals surface area contributed by atoms with Gasteiger partial charge in [-0.1, -0.05) is 95.2 Å². The van der Waals surface area contributed by atoms with E-state index in [9.17, 15) is 33.9 Å². The minimum absolute atomic E-state index is 0. The van der Waals surface area contributed by atoms with Crippen LogP contribution in [0, 0.1) is 0 Å². The van der Waals surface area contributed by atoms with E-state index >= 15 is 0 Å². The third-order valence-electron chi connectivity index (χ3n) is 3.52. The van der Waals surface area contributed by atoms with Crippen molar-refractivity contribution < 1.29 is 53.2 Å². The smallest absolute Gasteiger partial charge is 0.302 e. The van der Waals surface area contributed by atoms with Crippen molar-refractivity contribution in [2.24, 2.45) is 0 Å². The summed E-state index contributed by atoms with van der Waals surface area (Å²) in [7, 11) is 0. The molecule has 0 aliphatic heterocycles. The molecule has 0 fully saturated rings. The van der Waals surface area contributed by atoms with E-state index in [0.29, 0.717) is 57.8 Å². The Hall–Kier alpha value is -2.92. The van der Waals surface area contributed by atoms with E-state index in [1.807, 2.05) is 0 Å². The van der Waals surface area contributed by atoms with Gasteiger partial charge >= 0.3 is 17.9 Å². The minimum atomic E-state index is -0.560. The molecule has 11 heteroatoms. The maximum atomic E-state index is 10.3. The number of carbonyl (C=O) groups excluding carboxylic acids is 6. The van der Waals surface area contributed by atoms with Crippen molar-refractivity contribution in [3.63, 3.8) is 0 Å². The van der Waals surface area contributed by atoms with Gasteiger partial charge in [0, 0.05) is 46.5 Å². The van der Waals surface area contributed by atoms with Gasteiger partial charge in [-0.3, -0.25) is 19.2 Å². The zero-order valence-electron chi connectivity index (χ0n) is 20.2. The predicted molar refractivity (Wildman–Crippen MR) is 202 cm³/mol.